The second-order valence-electron chi connectivity index (χ2n) is 17.2. The number of unbranched alkanes of at least 4 members (excludes halogenated alkanes) is 2. The summed E-state index contributed by atoms with van der Waals surface area (Å²) in [5.41, 5.74) is -6.86. The minimum Gasteiger partial charge on any atom is -0.247 e. The fraction of sp³-hybridized carbons (Fsp3) is 0.481. The highest BCUT2D eigenvalue weighted by molar-refractivity contribution is 4.88. The van der Waals surface area contributed by atoms with Crippen molar-refractivity contribution in [2.75, 3.05) is 0 Å². The van der Waals surface area contributed by atoms with Gasteiger partial charge in [-0.3, -0.25) is 0 Å². The summed E-state index contributed by atoms with van der Waals surface area (Å²) in [4.78, 5) is 146. The molecule has 0 amide bonds. The van der Waals surface area contributed by atoms with E-state index < -0.39 is 68.3 Å². The molecule has 24 nitrogen and oxygen atoms in total. The van der Waals surface area contributed by atoms with Crippen LogP contribution in [0.2, 0.25) is 0 Å². The second-order valence-corrected chi connectivity index (χ2v) is 17.2. The van der Waals surface area contributed by atoms with Gasteiger partial charge in [0.1, 0.15) is 0 Å². The molecular formula is C54H80N12O12. The molecule has 0 aliphatic heterocycles. The summed E-state index contributed by atoms with van der Waals surface area (Å²) >= 11 is 0. The van der Waals surface area contributed by atoms with Crippen molar-refractivity contribution in [2.24, 2.45) is 0 Å². The molecule has 4 rings (SSSR count). The van der Waals surface area contributed by atoms with Crippen LogP contribution in [0.3, 0.4) is 0 Å². The van der Waals surface area contributed by atoms with E-state index in [-0.39, 0.29) is 58.9 Å². The zero-order valence-corrected chi connectivity index (χ0v) is 46.1. The highest BCUT2D eigenvalue weighted by atomic mass is 16.2. The monoisotopic (exact) mass is 1090 g/mol. The lowest BCUT2D eigenvalue weighted by molar-refractivity contribution is 0.440. The number of hydrogen-bond acceptors (Lipinski definition) is 12. The van der Waals surface area contributed by atoms with Crippen molar-refractivity contribution in [3.05, 3.63) is 227 Å². The zero-order valence-electron chi connectivity index (χ0n) is 46.1. The molecule has 0 unspecified atom stereocenters. The molecule has 0 aromatic carbocycles. The van der Waals surface area contributed by atoms with Crippen molar-refractivity contribution >= 4 is 0 Å². The number of allylic oxidation sites excluding steroid dienone is 8. The minimum atomic E-state index is -0.628. The van der Waals surface area contributed by atoms with Crippen LogP contribution in [0.1, 0.15) is 91.9 Å². The van der Waals surface area contributed by atoms with E-state index in [0.717, 1.165) is 74.1 Å². The normalized spacial score (nSPS) is 10.4. The van der Waals surface area contributed by atoms with Crippen molar-refractivity contribution in [3.63, 3.8) is 0 Å². The quantitative estimate of drug-likeness (QED) is 0.0681. The first kappa shape index (κ1) is 67.6. The van der Waals surface area contributed by atoms with Crippen molar-refractivity contribution in [1.82, 2.24) is 54.8 Å². The number of nitrogens with zero attached hydrogens (tertiary/aromatic N) is 12. The lowest BCUT2D eigenvalue weighted by Crippen LogP contribution is -2.54. The Bertz CT molecular complexity index is 3290. The van der Waals surface area contributed by atoms with E-state index in [1.807, 2.05) is 27.7 Å². The Hall–Kier alpha value is -8.44. The van der Waals surface area contributed by atoms with Gasteiger partial charge in [-0.05, 0) is 51.4 Å². The van der Waals surface area contributed by atoms with Crippen LogP contribution in [-0.4, -0.2) is 54.8 Å². The number of aromatic nitrogens is 12. The molecule has 78 heavy (non-hydrogen) atoms. The van der Waals surface area contributed by atoms with Gasteiger partial charge in [0.15, 0.2) is 0 Å². The Morgan fingerprint density at radius 3 is 0.564 bits per heavy atom. The van der Waals surface area contributed by atoms with Gasteiger partial charge in [-0.25, -0.2) is 112 Å². The lowest BCUT2D eigenvalue weighted by atomic mass is 10.3. The van der Waals surface area contributed by atoms with E-state index >= 15 is 0 Å². The molecule has 0 aliphatic carbocycles. The Labute approximate surface area is 451 Å². The summed E-state index contributed by atoms with van der Waals surface area (Å²) in [5.74, 6) is 0. The molecule has 0 atom stereocenters. The summed E-state index contributed by atoms with van der Waals surface area (Å²) < 4.78 is 12.9. The summed E-state index contributed by atoms with van der Waals surface area (Å²) in [5, 5.41) is 0. The molecule has 0 fully saturated rings. The standard InChI is InChI=1S/C15H23N3O3.C14H21N3O3.C13H19N3O3.C12H17N3O3/c1-4-7-10-16-13(19)17(11-8-5-2)15(21)18(14(16)20)12-9-6-3;1-4-7-10-16-12(18)15(9-6-3)13(19)17(14(16)20)11-8-5-2;1-4-7-10-16-12(18)14(8-5-2)11(17)15(9-6-3)13(16)19;1-4-7-13-10(16)14(8-5-2)12(18)15(9-6-3)11(13)17/h4-5H,1-2,6-12H2,3H3;4-5H,1-2,6-11H2,3H3;5-6H,2-4,7-10H2,1H3;4-5H,1-2,6-9H2,3H3. The molecule has 0 radical (unpaired) electrons. The van der Waals surface area contributed by atoms with Crippen molar-refractivity contribution < 1.29 is 0 Å². The molecule has 4 aromatic heterocycles. The topological polar surface area (TPSA) is 264 Å². The third kappa shape index (κ3) is 17.8. The Kier molecular flexibility index (Phi) is 31.0. The molecule has 0 bridgehead atoms. The molecule has 0 N–H and O–H groups in total. The number of hydrogen-bond donors (Lipinski definition) is 0. The van der Waals surface area contributed by atoms with Crippen molar-refractivity contribution in [1.29, 1.82) is 0 Å². The van der Waals surface area contributed by atoms with Crippen LogP contribution in [0, 0.1) is 0 Å². The summed E-state index contributed by atoms with van der Waals surface area (Å²) in [7, 11) is 0. The van der Waals surface area contributed by atoms with E-state index in [0.29, 0.717) is 64.6 Å². The van der Waals surface area contributed by atoms with Gasteiger partial charge in [-0.15, -0.1) is 52.6 Å². The molecule has 0 aliphatic rings. The van der Waals surface area contributed by atoms with Gasteiger partial charge in [0, 0.05) is 52.4 Å². The molecular weight excluding hydrogens is 1010 g/mol. The summed E-state index contributed by atoms with van der Waals surface area (Å²) in [6, 6.07) is 0. The molecule has 4 aromatic rings. The maximum Gasteiger partial charge on any atom is 0.336 e. The highest BCUT2D eigenvalue weighted by Gasteiger charge is 2.17. The fourth-order valence-corrected chi connectivity index (χ4v) is 7.36. The van der Waals surface area contributed by atoms with Crippen LogP contribution in [0.4, 0.5) is 0 Å². The van der Waals surface area contributed by atoms with Crippen LogP contribution in [0.5, 0.6) is 0 Å². The van der Waals surface area contributed by atoms with Gasteiger partial charge in [-0.2, -0.15) is 0 Å². The minimum absolute atomic E-state index is 0.0821. The molecule has 0 spiro atoms. The summed E-state index contributed by atoms with van der Waals surface area (Å²) in [6.07, 6.45) is 18.8. The highest BCUT2D eigenvalue weighted by Crippen LogP contribution is 1.92. The van der Waals surface area contributed by atoms with Crippen molar-refractivity contribution in [2.45, 2.75) is 170 Å². The largest absolute Gasteiger partial charge is 0.336 e. The maximum atomic E-state index is 12.3. The second kappa shape index (κ2) is 35.7. The van der Waals surface area contributed by atoms with E-state index in [2.05, 4.69) is 52.6 Å². The van der Waals surface area contributed by atoms with Crippen LogP contribution in [0.15, 0.2) is 159 Å². The van der Waals surface area contributed by atoms with Gasteiger partial charge in [0.2, 0.25) is 0 Å². The van der Waals surface area contributed by atoms with Gasteiger partial charge in [0.25, 0.3) is 0 Å². The Morgan fingerprint density at radius 2 is 0.397 bits per heavy atom. The number of rotatable bonds is 30. The molecule has 0 saturated carbocycles. The Morgan fingerprint density at radius 1 is 0.231 bits per heavy atom. The smallest absolute Gasteiger partial charge is 0.247 e. The van der Waals surface area contributed by atoms with Gasteiger partial charge in [0.05, 0.1) is 26.2 Å². The first-order valence-electron chi connectivity index (χ1n) is 26.0. The predicted molar refractivity (Wildman–Crippen MR) is 307 cm³/mol. The van der Waals surface area contributed by atoms with Crippen LogP contribution in [0.25, 0.3) is 0 Å². The van der Waals surface area contributed by atoms with Crippen LogP contribution in [-0.2, 0) is 78.5 Å². The fourth-order valence-electron chi connectivity index (χ4n) is 7.36. The maximum absolute atomic E-state index is 12.3. The van der Waals surface area contributed by atoms with Crippen LogP contribution >= 0.6 is 0 Å². The van der Waals surface area contributed by atoms with Gasteiger partial charge < -0.3 is 0 Å². The molecule has 428 valence electrons. The lowest BCUT2D eigenvalue weighted by Gasteiger charge is -2.12. The van der Waals surface area contributed by atoms with E-state index in [1.165, 1.54) is 24.3 Å². The van der Waals surface area contributed by atoms with E-state index in [4.69, 9.17) is 0 Å². The third-order valence-corrected chi connectivity index (χ3v) is 11.4. The van der Waals surface area contributed by atoms with Crippen LogP contribution < -0.4 is 68.3 Å². The van der Waals surface area contributed by atoms with Gasteiger partial charge >= 0.3 is 68.3 Å². The average molecular weight is 1090 g/mol. The Balaban J connectivity index is 0.000000521. The molecule has 4 heterocycles. The summed E-state index contributed by atoms with van der Waals surface area (Å²) in [6.45, 7) is 38.5. The van der Waals surface area contributed by atoms with E-state index in [9.17, 15) is 57.5 Å². The zero-order chi connectivity index (χ0) is 59.1. The molecule has 24 heteroatoms. The first-order chi connectivity index (χ1) is 37.3. The van der Waals surface area contributed by atoms with Crippen molar-refractivity contribution in [3.8, 4) is 0 Å². The third-order valence-electron chi connectivity index (χ3n) is 11.4. The predicted octanol–water partition coefficient (Wildman–Crippen LogP) is 2.16. The molecule has 0 saturated heterocycles. The first-order valence-corrected chi connectivity index (χ1v) is 26.0. The van der Waals surface area contributed by atoms with E-state index in [1.54, 1.807) is 24.3 Å². The SMILES string of the molecule is C=CCCn1c(=O)n(CCC)c(=O)n(CCC=C)c1=O.C=CCCn1c(=O)n(CCC=C)c(=O)n(CCCC)c1=O.C=CCn1c(=O)n(CC=C)c(=O)n(CCC)c1=O.C=CCn1c(=O)n(CC=C)c(=O)n(CCCC)c1=O. The van der Waals surface area contributed by atoms with Gasteiger partial charge in [-0.1, -0.05) is 89.1 Å². The average Bonchev–Trinajstić information content (AvgIpc) is 3.42.